The van der Waals surface area contributed by atoms with E-state index < -0.39 is 30.6 Å². The zero-order chi connectivity index (χ0) is 22.3. The summed E-state index contributed by atoms with van der Waals surface area (Å²) in [5.41, 5.74) is 1.41. The molecule has 3 unspecified atom stereocenters. The van der Waals surface area contributed by atoms with Crippen molar-refractivity contribution >= 4 is 27.9 Å². The Labute approximate surface area is 183 Å². The molecule has 5 N–H and O–H groups in total. The smallest absolute Gasteiger partial charge is 0.172 e. The number of anilines is 1. The van der Waals surface area contributed by atoms with E-state index in [1.807, 2.05) is 24.4 Å². The van der Waals surface area contributed by atoms with Gasteiger partial charge in [0.1, 0.15) is 18.5 Å². The maximum absolute atomic E-state index is 10.9. The van der Waals surface area contributed by atoms with Crippen LogP contribution in [0.5, 0.6) is 0 Å². The standard InChI is InChI=1S/C22H24N6O4/c1-2-22(31)18(30)16(10-29)32-21(22)28-12-27-17-19(25-11-26-20(17)28)23-8-7-13-9-24-15-6-4-3-5-14(13)15/h2-6,9,11-12,16,18,21,24,29-31H,1,7-8,10H2,(H,23,25,26)/t16?,18?,21?,22-/m1/s1. The van der Waals surface area contributed by atoms with E-state index in [1.165, 1.54) is 34.2 Å². The van der Waals surface area contributed by atoms with Crippen LogP contribution in [0.1, 0.15) is 11.8 Å². The summed E-state index contributed by atoms with van der Waals surface area (Å²) in [6, 6.07) is 8.14. The van der Waals surface area contributed by atoms with Crippen molar-refractivity contribution in [2.75, 3.05) is 18.5 Å². The molecule has 0 bridgehead atoms. The lowest BCUT2D eigenvalue weighted by Gasteiger charge is -2.28. The summed E-state index contributed by atoms with van der Waals surface area (Å²) < 4.78 is 7.23. The number of aromatic nitrogens is 5. The van der Waals surface area contributed by atoms with Crippen LogP contribution in [-0.4, -0.2) is 70.8 Å². The number of fused-ring (bicyclic) bond motifs is 2. The third kappa shape index (κ3) is 3.16. The van der Waals surface area contributed by atoms with Crippen LogP contribution in [0.4, 0.5) is 5.82 Å². The minimum absolute atomic E-state index is 0.422. The molecule has 1 aliphatic heterocycles. The average molecular weight is 436 g/mol. The first kappa shape index (κ1) is 20.6. The van der Waals surface area contributed by atoms with Gasteiger partial charge in [-0.1, -0.05) is 30.9 Å². The number of para-hydroxylation sites is 1. The summed E-state index contributed by atoms with van der Waals surface area (Å²) in [6.07, 6.45) is 3.51. The Balaban J connectivity index is 1.39. The van der Waals surface area contributed by atoms with Crippen molar-refractivity contribution in [2.45, 2.75) is 30.5 Å². The van der Waals surface area contributed by atoms with Gasteiger partial charge in [-0.25, -0.2) is 15.0 Å². The lowest BCUT2D eigenvalue weighted by atomic mass is 9.94. The second kappa shape index (κ2) is 7.99. The Morgan fingerprint density at radius 2 is 2.12 bits per heavy atom. The number of aliphatic hydroxyl groups is 3. The third-order valence-electron chi connectivity index (χ3n) is 6.01. The maximum Gasteiger partial charge on any atom is 0.172 e. The third-order valence-corrected chi connectivity index (χ3v) is 6.01. The highest BCUT2D eigenvalue weighted by atomic mass is 16.6. The molecule has 1 aliphatic rings. The minimum atomic E-state index is -1.81. The monoisotopic (exact) mass is 436 g/mol. The van der Waals surface area contributed by atoms with Crippen LogP contribution in [0.3, 0.4) is 0 Å². The first-order valence-electron chi connectivity index (χ1n) is 10.3. The highest BCUT2D eigenvalue weighted by Crippen LogP contribution is 2.40. The van der Waals surface area contributed by atoms with Crippen molar-refractivity contribution in [1.82, 2.24) is 24.5 Å². The fourth-order valence-corrected chi connectivity index (χ4v) is 4.25. The molecule has 0 radical (unpaired) electrons. The van der Waals surface area contributed by atoms with Crippen molar-refractivity contribution in [1.29, 1.82) is 0 Å². The van der Waals surface area contributed by atoms with Gasteiger partial charge >= 0.3 is 0 Å². The van der Waals surface area contributed by atoms with Gasteiger partial charge in [-0.15, -0.1) is 0 Å². The summed E-state index contributed by atoms with van der Waals surface area (Å²) >= 11 is 0. The van der Waals surface area contributed by atoms with E-state index in [0.29, 0.717) is 23.5 Å². The first-order valence-corrected chi connectivity index (χ1v) is 10.3. The predicted molar refractivity (Wildman–Crippen MR) is 118 cm³/mol. The largest absolute Gasteiger partial charge is 0.394 e. The Bertz CT molecular complexity index is 1270. The summed E-state index contributed by atoms with van der Waals surface area (Å²) in [5.74, 6) is 0.549. The number of aromatic amines is 1. The van der Waals surface area contributed by atoms with Crippen molar-refractivity contribution < 1.29 is 20.1 Å². The number of benzene rings is 1. The molecule has 5 rings (SSSR count). The van der Waals surface area contributed by atoms with Crippen molar-refractivity contribution in [2.24, 2.45) is 0 Å². The van der Waals surface area contributed by atoms with Gasteiger partial charge in [-0.2, -0.15) is 0 Å². The first-order chi connectivity index (χ1) is 15.6. The molecule has 10 heteroatoms. The number of rotatable bonds is 7. The number of hydrogen-bond acceptors (Lipinski definition) is 8. The quantitative estimate of drug-likeness (QED) is 0.272. The van der Waals surface area contributed by atoms with Crippen LogP contribution in [0, 0.1) is 0 Å². The van der Waals surface area contributed by atoms with Gasteiger partial charge in [-0.05, 0) is 18.1 Å². The van der Waals surface area contributed by atoms with E-state index in [0.717, 1.165) is 11.9 Å². The van der Waals surface area contributed by atoms with E-state index in [-0.39, 0.29) is 0 Å². The molecule has 4 aromatic rings. The number of nitrogens with zero attached hydrogens (tertiary/aromatic N) is 4. The molecule has 0 spiro atoms. The van der Waals surface area contributed by atoms with Crippen LogP contribution in [0.2, 0.25) is 0 Å². The van der Waals surface area contributed by atoms with Gasteiger partial charge in [0.25, 0.3) is 0 Å². The molecule has 0 saturated carbocycles. The molecule has 1 saturated heterocycles. The molecule has 166 valence electrons. The number of nitrogens with one attached hydrogen (secondary N) is 2. The maximum atomic E-state index is 10.9. The summed E-state index contributed by atoms with van der Waals surface area (Å²) in [6.45, 7) is 3.80. The Hall–Kier alpha value is -3.31. The molecule has 4 atom stereocenters. The van der Waals surface area contributed by atoms with Crippen LogP contribution < -0.4 is 5.32 Å². The molecule has 0 amide bonds. The normalized spacial score (nSPS) is 25.5. The van der Waals surface area contributed by atoms with Crippen molar-refractivity contribution in [3.8, 4) is 0 Å². The average Bonchev–Trinajstić information content (AvgIpc) is 3.50. The lowest BCUT2D eigenvalue weighted by molar-refractivity contribution is -0.0771. The number of aliphatic hydroxyl groups excluding tert-OH is 2. The molecular weight excluding hydrogens is 412 g/mol. The molecule has 1 aromatic carbocycles. The van der Waals surface area contributed by atoms with Gasteiger partial charge in [0.15, 0.2) is 28.8 Å². The fourth-order valence-electron chi connectivity index (χ4n) is 4.25. The molecule has 32 heavy (non-hydrogen) atoms. The molecule has 3 aromatic heterocycles. The van der Waals surface area contributed by atoms with E-state index in [4.69, 9.17) is 4.74 Å². The lowest BCUT2D eigenvalue weighted by Crippen LogP contribution is -2.45. The van der Waals surface area contributed by atoms with Crippen LogP contribution in [0.25, 0.3) is 22.1 Å². The zero-order valence-electron chi connectivity index (χ0n) is 17.2. The van der Waals surface area contributed by atoms with Gasteiger partial charge in [0.2, 0.25) is 0 Å². The second-order valence-electron chi connectivity index (χ2n) is 7.83. The number of imidazole rings is 1. The molecular formula is C22H24N6O4. The van der Waals surface area contributed by atoms with Gasteiger partial charge in [-0.3, -0.25) is 4.57 Å². The van der Waals surface area contributed by atoms with E-state index >= 15 is 0 Å². The zero-order valence-corrected chi connectivity index (χ0v) is 17.2. The number of hydrogen-bond donors (Lipinski definition) is 5. The number of H-pyrrole nitrogens is 1. The van der Waals surface area contributed by atoms with Crippen molar-refractivity contribution in [3.63, 3.8) is 0 Å². The minimum Gasteiger partial charge on any atom is -0.394 e. The summed E-state index contributed by atoms with van der Waals surface area (Å²) in [5, 5.41) is 35.3. The van der Waals surface area contributed by atoms with Gasteiger partial charge < -0.3 is 30.4 Å². The topological polar surface area (TPSA) is 141 Å². The molecule has 4 heterocycles. The fraction of sp³-hybridized carbons (Fsp3) is 0.318. The summed E-state index contributed by atoms with van der Waals surface area (Å²) in [7, 11) is 0. The molecule has 10 nitrogen and oxygen atoms in total. The molecule has 0 aliphatic carbocycles. The van der Waals surface area contributed by atoms with Crippen LogP contribution >= 0.6 is 0 Å². The van der Waals surface area contributed by atoms with E-state index in [1.54, 1.807) is 0 Å². The Morgan fingerprint density at radius 1 is 1.28 bits per heavy atom. The SMILES string of the molecule is C=C[C@@]1(O)C(O)C(CO)OC1n1cnc2c(NCCc3c[nH]c4ccccc34)ncnc21. The van der Waals surface area contributed by atoms with Crippen LogP contribution in [0.15, 0.2) is 55.8 Å². The van der Waals surface area contributed by atoms with Gasteiger partial charge in [0.05, 0.1) is 12.9 Å². The van der Waals surface area contributed by atoms with E-state index in [2.05, 4.69) is 37.9 Å². The number of ether oxygens (including phenoxy) is 1. The highest BCUT2D eigenvalue weighted by molar-refractivity contribution is 5.84. The summed E-state index contributed by atoms with van der Waals surface area (Å²) in [4.78, 5) is 16.3. The second-order valence-corrected chi connectivity index (χ2v) is 7.83. The van der Waals surface area contributed by atoms with Crippen molar-refractivity contribution in [3.05, 3.63) is 61.3 Å². The Kier molecular flexibility index (Phi) is 5.14. The van der Waals surface area contributed by atoms with E-state index in [9.17, 15) is 15.3 Å². The highest BCUT2D eigenvalue weighted by Gasteiger charge is 2.54. The van der Waals surface area contributed by atoms with Gasteiger partial charge in [0, 0.05) is 23.6 Å². The van der Waals surface area contributed by atoms with Crippen LogP contribution in [-0.2, 0) is 11.2 Å². The predicted octanol–water partition coefficient (Wildman–Crippen LogP) is 1.13. The Morgan fingerprint density at radius 3 is 2.94 bits per heavy atom. The molecule has 1 fully saturated rings.